The van der Waals surface area contributed by atoms with E-state index in [9.17, 15) is 18.0 Å². The Bertz CT molecular complexity index is 976. The van der Waals surface area contributed by atoms with Crippen LogP contribution in [0.1, 0.15) is 5.56 Å². The van der Waals surface area contributed by atoms with E-state index in [0.29, 0.717) is 11.7 Å². The number of para-hydroxylation sites is 1. The Labute approximate surface area is 187 Å². The highest BCUT2D eigenvalue weighted by Gasteiger charge is 2.49. The van der Waals surface area contributed by atoms with Crippen LogP contribution in [0.15, 0.2) is 54.6 Å². The molecule has 0 bridgehead atoms. The first-order valence-corrected chi connectivity index (χ1v) is 10.2. The lowest BCUT2D eigenvalue weighted by Gasteiger charge is -2.20. The average molecular weight is 467 g/mol. The molecule has 2 aromatic carbocycles. The molecule has 4 rings (SSSR count). The van der Waals surface area contributed by atoms with Crippen LogP contribution in [-0.4, -0.2) is 48.8 Å². The lowest BCUT2D eigenvalue weighted by atomic mass is 10.1. The van der Waals surface area contributed by atoms with Gasteiger partial charge < -0.3 is 24.8 Å². The number of hydrogen-bond donors (Lipinski definition) is 3. The van der Waals surface area contributed by atoms with Crippen molar-refractivity contribution in [3.05, 3.63) is 60.2 Å². The second-order valence-corrected chi connectivity index (χ2v) is 7.72. The van der Waals surface area contributed by atoms with E-state index in [0.717, 1.165) is 17.8 Å². The van der Waals surface area contributed by atoms with Crippen LogP contribution in [0.3, 0.4) is 0 Å². The van der Waals surface area contributed by atoms with E-state index >= 15 is 0 Å². The van der Waals surface area contributed by atoms with Gasteiger partial charge in [-0.25, -0.2) is 4.79 Å². The van der Waals surface area contributed by atoms with Crippen molar-refractivity contribution in [1.82, 2.24) is 5.32 Å². The first-order chi connectivity index (χ1) is 15.3. The Hall–Kier alpha value is -2.89. The number of ether oxygens (including phenoxy) is 3. The summed E-state index contributed by atoms with van der Waals surface area (Å²) in [6, 6.07) is 13.5. The summed E-state index contributed by atoms with van der Waals surface area (Å²) in [7, 11) is 0. The third-order valence-corrected chi connectivity index (χ3v) is 5.27. The Morgan fingerprint density at radius 1 is 0.969 bits per heavy atom. The zero-order valence-electron chi connectivity index (χ0n) is 16.6. The molecule has 0 aromatic heterocycles. The molecule has 7 nitrogen and oxygen atoms in total. The van der Waals surface area contributed by atoms with Crippen LogP contribution < -0.4 is 16.0 Å². The smallest absolute Gasteiger partial charge is 0.416 e. The van der Waals surface area contributed by atoms with Crippen LogP contribution in [0.4, 0.5) is 29.3 Å². The average Bonchev–Trinajstić information content (AvgIpc) is 3.32. The van der Waals surface area contributed by atoms with E-state index in [-0.39, 0.29) is 18.3 Å². The van der Waals surface area contributed by atoms with Gasteiger partial charge in [0.15, 0.2) is 11.2 Å². The van der Waals surface area contributed by atoms with Gasteiger partial charge in [0.1, 0.15) is 12.2 Å². The van der Waals surface area contributed by atoms with Gasteiger partial charge in [0.05, 0.1) is 24.8 Å². The predicted octanol–water partition coefficient (Wildman–Crippen LogP) is 3.78. The number of rotatable bonds is 4. The zero-order chi connectivity index (χ0) is 22.7. The maximum Gasteiger partial charge on any atom is 0.416 e. The molecule has 2 fully saturated rings. The van der Waals surface area contributed by atoms with Crippen molar-refractivity contribution in [2.75, 3.05) is 23.8 Å². The van der Waals surface area contributed by atoms with Crippen molar-refractivity contribution in [3.8, 4) is 0 Å². The largest absolute Gasteiger partial charge is 0.441 e. The van der Waals surface area contributed by atoms with Gasteiger partial charge in [-0.2, -0.15) is 13.2 Å². The van der Waals surface area contributed by atoms with Crippen molar-refractivity contribution in [2.24, 2.45) is 0 Å². The Morgan fingerprint density at radius 2 is 1.69 bits per heavy atom. The second kappa shape index (κ2) is 9.31. The number of amides is 1. The second-order valence-electron chi connectivity index (χ2n) is 7.31. The van der Waals surface area contributed by atoms with Gasteiger partial charge in [-0.3, -0.25) is 5.32 Å². The molecule has 2 aliphatic rings. The van der Waals surface area contributed by atoms with E-state index in [1.54, 1.807) is 0 Å². The zero-order valence-corrected chi connectivity index (χ0v) is 17.4. The number of anilines is 2. The quantitative estimate of drug-likeness (QED) is 0.591. The summed E-state index contributed by atoms with van der Waals surface area (Å²) in [5.74, 6) is 0. The molecule has 2 heterocycles. The maximum absolute atomic E-state index is 12.8. The topological polar surface area (TPSA) is 80.9 Å². The third-order valence-electron chi connectivity index (χ3n) is 5.05. The summed E-state index contributed by atoms with van der Waals surface area (Å²) in [6.45, 7) is 0.392. The SMILES string of the molecule is O=C(Nc1cccc(C(F)(F)F)c1)O[C@@H]1CO[C@H]2[C@H]1OC[C@H]2NC(=S)Nc1ccccc1. The van der Waals surface area contributed by atoms with Crippen molar-refractivity contribution < 1.29 is 32.2 Å². The number of hydrogen-bond acceptors (Lipinski definition) is 5. The number of thiocarbonyl (C=S) groups is 1. The first kappa shape index (κ1) is 22.3. The normalized spacial score (nSPS) is 24.5. The Balaban J connectivity index is 1.29. The van der Waals surface area contributed by atoms with Gasteiger partial charge in [-0.05, 0) is 42.5 Å². The fourth-order valence-electron chi connectivity index (χ4n) is 3.60. The number of alkyl halides is 3. The number of carbonyl (C=O) groups is 1. The van der Waals surface area contributed by atoms with Crippen molar-refractivity contribution in [1.29, 1.82) is 0 Å². The molecular formula is C21H20F3N3O4S. The number of halogens is 3. The summed E-state index contributed by atoms with van der Waals surface area (Å²) >= 11 is 5.33. The van der Waals surface area contributed by atoms with E-state index in [1.165, 1.54) is 12.1 Å². The molecule has 0 saturated carbocycles. The van der Waals surface area contributed by atoms with E-state index in [2.05, 4.69) is 16.0 Å². The number of carbonyl (C=O) groups excluding carboxylic acids is 1. The number of benzene rings is 2. The Morgan fingerprint density at radius 3 is 2.44 bits per heavy atom. The van der Waals surface area contributed by atoms with Crippen LogP contribution in [0, 0.1) is 0 Å². The molecule has 0 aliphatic carbocycles. The first-order valence-electron chi connectivity index (χ1n) is 9.80. The summed E-state index contributed by atoms with van der Waals surface area (Å²) in [5.41, 5.74) is -0.0579. The standard InChI is InChI=1S/C21H20F3N3O4S/c22-21(23,24)12-5-4-8-14(9-12)26-20(28)31-16-11-30-17-15(10-29-18(16)17)27-19(32)25-13-6-2-1-3-7-13/h1-9,15-18H,10-11H2,(H,26,28)(H2,25,27,32)/t15-,16-,17-,18+/m1/s1. The molecule has 4 atom stereocenters. The fourth-order valence-corrected chi connectivity index (χ4v) is 3.87. The minimum atomic E-state index is -4.51. The molecule has 2 aromatic rings. The van der Waals surface area contributed by atoms with E-state index in [4.69, 9.17) is 26.4 Å². The van der Waals surface area contributed by atoms with Gasteiger partial charge in [0.25, 0.3) is 0 Å². The number of fused-ring (bicyclic) bond motifs is 1. The van der Waals surface area contributed by atoms with Crippen LogP contribution in [0.5, 0.6) is 0 Å². The lowest BCUT2D eigenvalue weighted by molar-refractivity contribution is -0.137. The van der Waals surface area contributed by atoms with E-state index in [1.807, 2.05) is 30.3 Å². The molecule has 11 heteroatoms. The molecule has 3 N–H and O–H groups in total. The van der Waals surface area contributed by atoms with Crippen LogP contribution in [-0.2, 0) is 20.4 Å². The third kappa shape index (κ3) is 5.29. The van der Waals surface area contributed by atoms with Crippen LogP contribution >= 0.6 is 12.2 Å². The summed E-state index contributed by atoms with van der Waals surface area (Å²) in [4.78, 5) is 12.2. The van der Waals surface area contributed by atoms with Gasteiger partial charge >= 0.3 is 12.3 Å². The molecule has 2 aliphatic heterocycles. The van der Waals surface area contributed by atoms with Gasteiger partial charge in [0.2, 0.25) is 0 Å². The van der Waals surface area contributed by atoms with Gasteiger partial charge in [-0.15, -0.1) is 0 Å². The summed E-state index contributed by atoms with van der Waals surface area (Å²) in [6.07, 6.45) is -7.01. The highest BCUT2D eigenvalue weighted by Crippen LogP contribution is 2.31. The Kier molecular flexibility index (Phi) is 6.49. The molecular weight excluding hydrogens is 447 g/mol. The molecule has 0 spiro atoms. The highest BCUT2D eigenvalue weighted by molar-refractivity contribution is 7.80. The summed E-state index contributed by atoms with van der Waals surface area (Å²) in [5, 5.41) is 8.93. The molecule has 1 amide bonds. The molecule has 32 heavy (non-hydrogen) atoms. The van der Waals surface area contributed by atoms with Crippen molar-refractivity contribution >= 4 is 34.8 Å². The highest BCUT2D eigenvalue weighted by atomic mass is 32.1. The van der Waals surface area contributed by atoms with Crippen molar-refractivity contribution in [2.45, 2.75) is 30.5 Å². The minimum absolute atomic E-state index is 0.0236. The monoisotopic (exact) mass is 467 g/mol. The predicted molar refractivity (Wildman–Crippen MR) is 114 cm³/mol. The van der Waals surface area contributed by atoms with E-state index < -0.39 is 36.1 Å². The van der Waals surface area contributed by atoms with Crippen molar-refractivity contribution in [3.63, 3.8) is 0 Å². The molecule has 0 unspecified atom stereocenters. The summed E-state index contributed by atoms with van der Waals surface area (Å²) < 4.78 is 55.3. The molecule has 2 saturated heterocycles. The van der Waals surface area contributed by atoms with Gasteiger partial charge in [-0.1, -0.05) is 24.3 Å². The molecule has 170 valence electrons. The van der Waals surface area contributed by atoms with Crippen LogP contribution in [0.2, 0.25) is 0 Å². The van der Waals surface area contributed by atoms with Crippen LogP contribution in [0.25, 0.3) is 0 Å². The maximum atomic E-state index is 12.8. The minimum Gasteiger partial charge on any atom is -0.441 e. The fraction of sp³-hybridized carbons (Fsp3) is 0.333. The molecule has 0 radical (unpaired) electrons. The van der Waals surface area contributed by atoms with Gasteiger partial charge in [0, 0.05) is 11.4 Å². The lowest BCUT2D eigenvalue weighted by Crippen LogP contribution is -2.46. The number of nitrogens with one attached hydrogen (secondary N) is 3.